The van der Waals surface area contributed by atoms with Crippen molar-refractivity contribution in [3.8, 4) is 11.1 Å². The number of hydrazone groups is 1. The van der Waals surface area contributed by atoms with Crippen LogP contribution in [0.4, 0.5) is 5.82 Å². The molecule has 13 heteroatoms. The van der Waals surface area contributed by atoms with Gasteiger partial charge in [0.05, 0.1) is 9.79 Å². The fourth-order valence-electron chi connectivity index (χ4n) is 2.59. The van der Waals surface area contributed by atoms with Crippen LogP contribution < -0.4 is 43.6 Å². The molecule has 28 heavy (non-hydrogen) atoms. The van der Waals surface area contributed by atoms with Gasteiger partial charge in [0.1, 0.15) is 16.8 Å². The third-order valence-electron chi connectivity index (χ3n) is 4.02. The molecule has 2 aromatic rings. The van der Waals surface area contributed by atoms with Gasteiger partial charge < -0.3 is 17.2 Å². The van der Waals surface area contributed by atoms with E-state index in [2.05, 4.69) is 31.3 Å². The quantitative estimate of drug-likeness (QED) is 0.231. The van der Waals surface area contributed by atoms with Crippen molar-refractivity contribution in [2.24, 2.45) is 21.7 Å². The number of hydrogen-bond acceptors (Lipinski definition) is 11. The molecule has 1 aromatic carbocycles. The third-order valence-corrected chi connectivity index (χ3v) is 6.10. The average molecular weight is 423 g/mol. The van der Waals surface area contributed by atoms with E-state index in [9.17, 15) is 4.21 Å². The molecule has 3 rings (SSSR count). The molecule has 1 aliphatic heterocycles. The van der Waals surface area contributed by atoms with Crippen molar-refractivity contribution < 1.29 is 4.21 Å². The molecule has 12 N–H and O–H groups in total. The molecule has 0 fully saturated rings. The summed E-state index contributed by atoms with van der Waals surface area (Å²) in [5.41, 5.74) is 27.5. The van der Waals surface area contributed by atoms with Crippen LogP contribution >= 0.6 is 11.9 Å². The second-order valence-electron chi connectivity index (χ2n) is 5.78. The maximum atomic E-state index is 12.9. The lowest BCUT2D eigenvalue weighted by atomic mass is 10.00. The first kappa shape index (κ1) is 20.5. The predicted molar refractivity (Wildman–Crippen MR) is 112 cm³/mol. The Morgan fingerprint density at radius 1 is 1.21 bits per heavy atom. The van der Waals surface area contributed by atoms with E-state index in [0.29, 0.717) is 27.0 Å². The molecule has 0 aliphatic carbocycles. The molecule has 1 unspecified atom stereocenters. The first-order valence-corrected chi connectivity index (χ1v) is 10.3. The van der Waals surface area contributed by atoms with Gasteiger partial charge in [-0.1, -0.05) is 6.07 Å². The van der Waals surface area contributed by atoms with Crippen LogP contribution in [-0.2, 0) is 11.0 Å². The van der Waals surface area contributed by atoms with Gasteiger partial charge in [-0.25, -0.2) is 19.4 Å². The SMILES string of the molecule is NCC(CN)NS(=O)c1ccc(-c2ccc(N)nc2)c(C2=NNNN2)c1SN. The number of nitrogens with two attached hydrogens (primary N) is 4. The largest absolute Gasteiger partial charge is 0.384 e. The second kappa shape index (κ2) is 9.29. The molecule has 1 aromatic heterocycles. The Hall–Kier alpha value is -2.26. The Labute approximate surface area is 168 Å². The summed E-state index contributed by atoms with van der Waals surface area (Å²) in [6, 6.07) is 6.84. The molecular formula is C15H22N10OS2. The number of benzene rings is 1. The highest BCUT2D eigenvalue weighted by Gasteiger charge is 2.24. The minimum absolute atomic E-state index is 0.261. The Kier molecular flexibility index (Phi) is 6.79. The highest BCUT2D eigenvalue weighted by Crippen LogP contribution is 2.34. The average Bonchev–Trinajstić information content (AvgIpc) is 3.25. The molecule has 0 radical (unpaired) electrons. The highest BCUT2D eigenvalue weighted by molar-refractivity contribution is 7.97. The lowest BCUT2D eigenvalue weighted by molar-refractivity contribution is 0.577. The van der Waals surface area contributed by atoms with Crippen LogP contribution in [0.5, 0.6) is 0 Å². The van der Waals surface area contributed by atoms with Crippen LogP contribution in [-0.4, -0.2) is 34.2 Å². The maximum Gasteiger partial charge on any atom is 0.172 e. The van der Waals surface area contributed by atoms with E-state index in [4.69, 9.17) is 22.3 Å². The smallest absolute Gasteiger partial charge is 0.172 e. The van der Waals surface area contributed by atoms with Gasteiger partial charge in [0.2, 0.25) is 0 Å². The Bertz CT molecular complexity index is 885. The van der Waals surface area contributed by atoms with Gasteiger partial charge in [0.15, 0.2) is 5.84 Å². The number of amidine groups is 1. The van der Waals surface area contributed by atoms with E-state index in [-0.39, 0.29) is 19.1 Å². The van der Waals surface area contributed by atoms with Crippen LogP contribution in [0.1, 0.15) is 5.56 Å². The Morgan fingerprint density at radius 2 is 2.00 bits per heavy atom. The monoisotopic (exact) mass is 422 g/mol. The zero-order valence-electron chi connectivity index (χ0n) is 14.8. The molecular weight excluding hydrogens is 400 g/mol. The topological polar surface area (TPSA) is 195 Å². The summed E-state index contributed by atoms with van der Waals surface area (Å²) in [5.74, 6) is 0.905. The lowest BCUT2D eigenvalue weighted by Gasteiger charge is -2.19. The van der Waals surface area contributed by atoms with E-state index in [1.807, 2.05) is 12.1 Å². The zero-order chi connectivity index (χ0) is 20.1. The summed E-state index contributed by atoms with van der Waals surface area (Å²) >= 11 is 0.974. The number of hydrazine groups is 2. The van der Waals surface area contributed by atoms with Crippen LogP contribution in [0, 0.1) is 0 Å². The van der Waals surface area contributed by atoms with Gasteiger partial charge in [-0.15, -0.1) is 10.6 Å². The molecule has 1 aliphatic rings. The van der Waals surface area contributed by atoms with Gasteiger partial charge in [0.25, 0.3) is 0 Å². The minimum Gasteiger partial charge on any atom is -0.384 e. The van der Waals surface area contributed by atoms with Crippen molar-refractivity contribution in [3.05, 3.63) is 36.0 Å². The van der Waals surface area contributed by atoms with E-state index in [0.717, 1.165) is 23.1 Å². The molecule has 11 nitrogen and oxygen atoms in total. The van der Waals surface area contributed by atoms with Gasteiger partial charge >= 0.3 is 0 Å². The lowest BCUT2D eigenvalue weighted by Crippen LogP contribution is -2.43. The van der Waals surface area contributed by atoms with Crippen LogP contribution in [0.2, 0.25) is 0 Å². The molecule has 2 heterocycles. The zero-order valence-corrected chi connectivity index (χ0v) is 16.4. The summed E-state index contributed by atoms with van der Waals surface area (Å²) in [4.78, 5) is 5.23. The summed E-state index contributed by atoms with van der Waals surface area (Å²) in [7, 11) is -1.57. The van der Waals surface area contributed by atoms with Gasteiger partial charge in [0, 0.05) is 36.5 Å². The third kappa shape index (κ3) is 4.25. The number of nitrogens with one attached hydrogen (secondary N) is 4. The predicted octanol–water partition coefficient (Wildman–Crippen LogP) is -1.53. The summed E-state index contributed by atoms with van der Waals surface area (Å²) in [6.07, 6.45) is 1.66. The number of aromatic nitrogens is 1. The number of hydrogen-bond donors (Lipinski definition) is 8. The van der Waals surface area contributed by atoms with E-state index in [1.54, 1.807) is 18.3 Å². The minimum atomic E-state index is -1.57. The maximum absolute atomic E-state index is 12.9. The first-order chi connectivity index (χ1) is 13.6. The van der Waals surface area contributed by atoms with E-state index < -0.39 is 11.0 Å². The van der Waals surface area contributed by atoms with Crippen LogP contribution in [0.15, 0.2) is 45.4 Å². The number of anilines is 1. The Balaban J connectivity index is 2.12. The van der Waals surface area contributed by atoms with E-state index in [1.165, 1.54) is 0 Å². The molecule has 0 bridgehead atoms. The first-order valence-electron chi connectivity index (χ1n) is 8.26. The number of nitrogen functional groups attached to an aromatic ring is 1. The fourth-order valence-corrected chi connectivity index (χ4v) is 4.56. The van der Waals surface area contributed by atoms with Crippen molar-refractivity contribution in [2.75, 3.05) is 18.8 Å². The van der Waals surface area contributed by atoms with E-state index >= 15 is 0 Å². The normalized spacial score (nSPS) is 14.5. The number of pyridine rings is 1. The molecule has 0 saturated heterocycles. The molecule has 0 amide bonds. The molecule has 0 saturated carbocycles. The molecule has 0 spiro atoms. The number of nitrogens with zero attached hydrogens (tertiary/aromatic N) is 2. The second-order valence-corrected chi connectivity index (χ2v) is 7.64. The van der Waals surface area contributed by atoms with Gasteiger partial charge in [-0.3, -0.25) is 10.6 Å². The van der Waals surface area contributed by atoms with Crippen molar-refractivity contribution in [2.45, 2.75) is 15.8 Å². The Morgan fingerprint density at radius 3 is 2.57 bits per heavy atom. The number of rotatable bonds is 8. The summed E-state index contributed by atoms with van der Waals surface area (Å²) in [5, 5.41) is 10.2. The molecule has 150 valence electrons. The summed E-state index contributed by atoms with van der Waals surface area (Å²) < 4.78 is 15.8. The van der Waals surface area contributed by atoms with Crippen molar-refractivity contribution in [1.29, 1.82) is 0 Å². The van der Waals surface area contributed by atoms with Gasteiger partial charge in [-0.2, -0.15) is 0 Å². The standard InChI is InChI=1S/C15H22N10OS2/c16-5-9(6-17)23-28(26)11-3-2-10(8-1-4-12(18)20-7-8)13(14(11)27-19)15-21-24-25-22-15/h1-4,7,9,23-25H,5-6,16-17,19H2,(H2,18,20)(H,21,22). The van der Waals surface area contributed by atoms with Crippen LogP contribution in [0.3, 0.4) is 0 Å². The van der Waals surface area contributed by atoms with Crippen molar-refractivity contribution in [1.82, 2.24) is 26.2 Å². The van der Waals surface area contributed by atoms with Crippen molar-refractivity contribution in [3.63, 3.8) is 0 Å². The molecule has 1 atom stereocenters. The summed E-state index contributed by atoms with van der Waals surface area (Å²) in [6.45, 7) is 0.523. The highest BCUT2D eigenvalue weighted by atomic mass is 32.2. The van der Waals surface area contributed by atoms with Crippen molar-refractivity contribution >= 4 is 34.6 Å². The van der Waals surface area contributed by atoms with Crippen LogP contribution in [0.25, 0.3) is 11.1 Å². The van der Waals surface area contributed by atoms with Gasteiger partial charge in [-0.05, 0) is 35.7 Å². The fraction of sp³-hybridized carbons (Fsp3) is 0.200.